The molecule has 0 radical (unpaired) electrons. The average Bonchev–Trinajstić information content (AvgIpc) is 2.40. The Labute approximate surface area is 101 Å². The van der Waals surface area contributed by atoms with Crippen molar-refractivity contribution in [2.24, 2.45) is 0 Å². The van der Waals surface area contributed by atoms with E-state index in [-0.39, 0.29) is 0 Å². The van der Waals surface area contributed by atoms with Crippen molar-refractivity contribution in [2.75, 3.05) is 19.0 Å². The Bertz CT molecular complexity index is 482. The number of aromatic nitrogens is 2. The summed E-state index contributed by atoms with van der Waals surface area (Å²) in [6.07, 6.45) is 3.59. The average molecular weight is 229 g/mol. The van der Waals surface area contributed by atoms with Crippen molar-refractivity contribution in [3.8, 4) is 16.9 Å². The molecule has 1 aromatic heterocycles. The molecule has 0 amide bonds. The van der Waals surface area contributed by atoms with Gasteiger partial charge in [-0.15, -0.1) is 0 Å². The number of hydrogen-bond acceptors (Lipinski definition) is 4. The largest absolute Gasteiger partial charge is 0.494 e. The summed E-state index contributed by atoms with van der Waals surface area (Å²) in [7, 11) is 1.80. The van der Waals surface area contributed by atoms with Gasteiger partial charge in [-0.1, -0.05) is 12.1 Å². The molecule has 1 aromatic carbocycles. The van der Waals surface area contributed by atoms with Crippen molar-refractivity contribution >= 4 is 5.95 Å². The molecule has 0 saturated carbocycles. The van der Waals surface area contributed by atoms with Gasteiger partial charge in [0.15, 0.2) is 0 Å². The molecule has 4 heteroatoms. The third-order valence-electron chi connectivity index (χ3n) is 2.35. The second-order valence-electron chi connectivity index (χ2n) is 3.51. The summed E-state index contributed by atoms with van der Waals surface area (Å²) < 4.78 is 5.46. The second-order valence-corrected chi connectivity index (χ2v) is 3.51. The normalized spacial score (nSPS) is 10.0. The van der Waals surface area contributed by atoms with Crippen LogP contribution in [-0.2, 0) is 0 Å². The Morgan fingerprint density at radius 2 is 1.94 bits per heavy atom. The van der Waals surface area contributed by atoms with Crippen molar-refractivity contribution in [2.45, 2.75) is 6.92 Å². The summed E-state index contributed by atoms with van der Waals surface area (Å²) in [6.45, 7) is 2.64. The highest BCUT2D eigenvalue weighted by atomic mass is 16.5. The summed E-state index contributed by atoms with van der Waals surface area (Å²) in [6, 6.07) is 7.91. The topological polar surface area (TPSA) is 47.0 Å². The minimum atomic E-state index is 0.620. The molecule has 4 nitrogen and oxygen atoms in total. The Hall–Kier alpha value is -2.10. The first-order chi connectivity index (χ1) is 8.33. The predicted octanol–water partition coefficient (Wildman–Crippen LogP) is 2.58. The van der Waals surface area contributed by atoms with Crippen LogP contribution in [0.15, 0.2) is 36.7 Å². The molecule has 2 rings (SSSR count). The Morgan fingerprint density at radius 3 is 2.59 bits per heavy atom. The predicted molar refractivity (Wildman–Crippen MR) is 68.2 cm³/mol. The van der Waals surface area contributed by atoms with E-state index in [1.54, 1.807) is 19.4 Å². The number of nitrogens with one attached hydrogen (secondary N) is 1. The SMILES string of the molecule is CCOc1cccc(-c2cnc(NC)nc2)c1. The fourth-order valence-electron chi connectivity index (χ4n) is 1.54. The van der Waals surface area contributed by atoms with E-state index in [0.29, 0.717) is 12.6 Å². The lowest BCUT2D eigenvalue weighted by atomic mass is 10.1. The van der Waals surface area contributed by atoms with E-state index >= 15 is 0 Å². The van der Waals surface area contributed by atoms with Gasteiger partial charge in [0, 0.05) is 25.0 Å². The highest BCUT2D eigenvalue weighted by Gasteiger charge is 2.01. The molecule has 0 aliphatic heterocycles. The van der Waals surface area contributed by atoms with Gasteiger partial charge in [-0.3, -0.25) is 0 Å². The molecule has 0 aliphatic rings. The number of nitrogens with zero attached hydrogens (tertiary/aromatic N) is 2. The molecule has 0 aliphatic carbocycles. The van der Waals surface area contributed by atoms with Gasteiger partial charge in [0.25, 0.3) is 0 Å². The van der Waals surface area contributed by atoms with Gasteiger partial charge in [-0.25, -0.2) is 9.97 Å². The van der Waals surface area contributed by atoms with E-state index in [2.05, 4.69) is 15.3 Å². The molecule has 0 spiro atoms. The molecule has 0 bridgehead atoms. The van der Waals surface area contributed by atoms with E-state index in [1.165, 1.54) is 0 Å². The summed E-state index contributed by atoms with van der Waals surface area (Å²) in [4.78, 5) is 8.37. The molecule has 0 atom stereocenters. The molecule has 1 heterocycles. The van der Waals surface area contributed by atoms with Crippen LogP contribution < -0.4 is 10.1 Å². The zero-order valence-electron chi connectivity index (χ0n) is 9.97. The van der Waals surface area contributed by atoms with E-state index in [4.69, 9.17) is 4.74 Å². The second kappa shape index (κ2) is 5.30. The van der Waals surface area contributed by atoms with Crippen molar-refractivity contribution < 1.29 is 4.74 Å². The Balaban J connectivity index is 2.28. The summed E-state index contributed by atoms with van der Waals surface area (Å²) in [5, 5.41) is 2.89. The zero-order valence-corrected chi connectivity index (χ0v) is 9.97. The first-order valence-corrected chi connectivity index (χ1v) is 5.56. The van der Waals surface area contributed by atoms with Gasteiger partial charge in [0.2, 0.25) is 5.95 Å². The van der Waals surface area contributed by atoms with Crippen molar-refractivity contribution in [1.82, 2.24) is 9.97 Å². The highest BCUT2D eigenvalue weighted by molar-refractivity contribution is 5.63. The standard InChI is InChI=1S/C13H15N3O/c1-3-17-12-6-4-5-10(7-12)11-8-15-13(14-2)16-9-11/h4-9H,3H2,1-2H3,(H,14,15,16). The smallest absolute Gasteiger partial charge is 0.222 e. The molecule has 0 saturated heterocycles. The Morgan fingerprint density at radius 1 is 1.18 bits per heavy atom. The number of benzene rings is 1. The van der Waals surface area contributed by atoms with Crippen LogP contribution in [0.4, 0.5) is 5.95 Å². The first-order valence-electron chi connectivity index (χ1n) is 5.56. The molecule has 0 unspecified atom stereocenters. The van der Waals surface area contributed by atoms with Gasteiger partial charge < -0.3 is 10.1 Å². The van der Waals surface area contributed by atoms with Crippen LogP contribution in [0.2, 0.25) is 0 Å². The number of ether oxygens (including phenoxy) is 1. The van der Waals surface area contributed by atoms with Crippen molar-refractivity contribution in [3.05, 3.63) is 36.7 Å². The zero-order chi connectivity index (χ0) is 12.1. The van der Waals surface area contributed by atoms with Gasteiger partial charge in [0.1, 0.15) is 5.75 Å². The fourth-order valence-corrected chi connectivity index (χ4v) is 1.54. The number of rotatable bonds is 4. The summed E-state index contributed by atoms with van der Waals surface area (Å²) in [5.41, 5.74) is 2.03. The lowest BCUT2D eigenvalue weighted by Crippen LogP contribution is -1.95. The molecule has 0 fully saturated rings. The number of anilines is 1. The molecule has 88 valence electrons. The van der Waals surface area contributed by atoms with Crippen LogP contribution in [0.1, 0.15) is 6.92 Å². The summed E-state index contributed by atoms with van der Waals surface area (Å²) >= 11 is 0. The third-order valence-corrected chi connectivity index (χ3v) is 2.35. The fraction of sp³-hybridized carbons (Fsp3) is 0.231. The quantitative estimate of drug-likeness (QED) is 0.875. The third kappa shape index (κ3) is 2.72. The molecule has 17 heavy (non-hydrogen) atoms. The van der Waals surface area contributed by atoms with Crippen LogP contribution >= 0.6 is 0 Å². The van der Waals surface area contributed by atoms with Crippen molar-refractivity contribution in [1.29, 1.82) is 0 Å². The lowest BCUT2D eigenvalue weighted by Gasteiger charge is -2.06. The van der Waals surface area contributed by atoms with Gasteiger partial charge >= 0.3 is 0 Å². The minimum Gasteiger partial charge on any atom is -0.494 e. The van der Waals surface area contributed by atoms with Crippen LogP contribution in [0.5, 0.6) is 5.75 Å². The lowest BCUT2D eigenvalue weighted by molar-refractivity contribution is 0.340. The van der Waals surface area contributed by atoms with E-state index in [9.17, 15) is 0 Å². The summed E-state index contributed by atoms with van der Waals surface area (Å²) in [5.74, 6) is 1.48. The number of hydrogen-bond donors (Lipinski definition) is 1. The van der Waals surface area contributed by atoms with Crippen LogP contribution in [0.3, 0.4) is 0 Å². The van der Waals surface area contributed by atoms with Crippen LogP contribution in [-0.4, -0.2) is 23.6 Å². The van der Waals surface area contributed by atoms with Gasteiger partial charge in [0.05, 0.1) is 6.61 Å². The van der Waals surface area contributed by atoms with Gasteiger partial charge in [-0.2, -0.15) is 0 Å². The molecular weight excluding hydrogens is 214 g/mol. The maximum Gasteiger partial charge on any atom is 0.222 e. The van der Waals surface area contributed by atoms with E-state index in [0.717, 1.165) is 16.9 Å². The van der Waals surface area contributed by atoms with Crippen LogP contribution in [0.25, 0.3) is 11.1 Å². The van der Waals surface area contributed by atoms with E-state index in [1.807, 2.05) is 31.2 Å². The molecule has 1 N–H and O–H groups in total. The monoisotopic (exact) mass is 229 g/mol. The van der Waals surface area contributed by atoms with Crippen LogP contribution in [0, 0.1) is 0 Å². The highest BCUT2D eigenvalue weighted by Crippen LogP contribution is 2.22. The van der Waals surface area contributed by atoms with E-state index < -0.39 is 0 Å². The maximum atomic E-state index is 5.46. The minimum absolute atomic E-state index is 0.620. The molecule has 2 aromatic rings. The van der Waals surface area contributed by atoms with Crippen molar-refractivity contribution in [3.63, 3.8) is 0 Å². The Kier molecular flexibility index (Phi) is 3.55. The van der Waals surface area contributed by atoms with Gasteiger partial charge in [-0.05, 0) is 24.6 Å². The first kappa shape index (κ1) is 11.4. The maximum absolute atomic E-state index is 5.46. The molecular formula is C13H15N3O.